The lowest BCUT2D eigenvalue weighted by Gasteiger charge is -2.16. The first kappa shape index (κ1) is 14.1. The molecule has 0 aliphatic heterocycles. The molecule has 0 spiro atoms. The number of non-ortho nitro benzene ring substituents is 1. The van der Waals surface area contributed by atoms with Crippen molar-refractivity contribution in [1.29, 1.82) is 0 Å². The molecular weight excluding hydrogens is 293 g/mol. The minimum absolute atomic E-state index is 0.162. The zero-order valence-electron chi connectivity index (χ0n) is 11.4. The number of halogens is 1. The number of aromatic nitrogens is 1. The maximum absolute atomic E-state index is 14.2. The normalized spacial score (nSPS) is 15.9. The van der Waals surface area contributed by atoms with Crippen molar-refractivity contribution >= 4 is 34.0 Å². The number of thioether (sulfide) groups is 1. The van der Waals surface area contributed by atoms with Crippen LogP contribution in [0, 0.1) is 15.9 Å². The molecule has 1 N–H and O–H groups in total. The van der Waals surface area contributed by atoms with Crippen LogP contribution in [-0.2, 0) is 0 Å². The molecule has 5 nitrogen and oxygen atoms in total. The van der Waals surface area contributed by atoms with E-state index in [0.717, 1.165) is 18.9 Å². The smallest absolute Gasteiger partial charge is 0.281 e. The molecule has 0 bridgehead atoms. The second-order valence-corrected chi connectivity index (χ2v) is 6.42. The number of anilines is 1. The van der Waals surface area contributed by atoms with Crippen LogP contribution in [0.5, 0.6) is 0 Å². The fraction of sp³-hybridized carbons (Fsp3) is 0.357. The predicted molar refractivity (Wildman–Crippen MR) is 82.3 cm³/mol. The Labute approximate surface area is 125 Å². The van der Waals surface area contributed by atoms with E-state index in [1.54, 1.807) is 23.9 Å². The summed E-state index contributed by atoms with van der Waals surface area (Å²) in [6, 6.07) is 4.17. The van der Waals surface area contributed by atoms with Crippen molar-refractivity contribution in [2.45, 2.75) is 17.6 Å². The molecule has 0 unspecified atom stereocenters. The molecule has 1 saturated carbocycles. The Morgan fingerprint density at radius 2 is 2.33 bits per heavy atom. The van der Waals surface area contributed by atoms with Crippen molar-refractivity contribution in [3.63, 3.8) is 0 Å². The van der Waals surface area contributed by atoms with Gasteiger partial charge in [-0.25, -0.2) is 4.39 Å². The number of fused-ring (bicyclic) bond motifs is 1. The number of rotatable bonds is 5. The van der Waals surface area contributed by atoms with E-state index in [-0.39, 0.29) is 16.1 Å². The molecule has 1 aliphatic carbocycles. The highest BCUT2D eigenvalue weighted by atomic mass is 32.2. The second-order valence-electron chi connectivity index (χ2n) is 5.15. The third-order valence-corrected chi connectivity index (χ3v) is 5.27. The molecule has 110 valence electrons. The van der Waals surface area contributed by atoms with E-state index < -0.39 is 10.7 Å². The monoisotopic (exact) mass is 307 g/mol. The molecule has 21 heavy (non-hydrogen) atoms. The van der Waals surface area contributed by atoms with E-state index in [1.807, 2.05) is 6.26 Å². The van der Waals surface area contributed by atoms with Gasteiger partial charge in [-0.15, -0.1) is 0 Å². The van der Waals surface area contributed by atoms with E-state index in [9.17, 15) is 14.5 Å². The van der Waals surface area contributed by atoms with Crippen molar-refractivity contribution in [3.05, 3.63) is 40.3 Å². The number of nitrogens with one attached hydrogen (secondary N) is 1. The van der Waals surface area contributed by atoms with E-state index in [2.05, 4.69) is 10.3 Å². The van der Waals surface area contributed by atoms with E-state index >= 15 is 0 Å². The van der Waals surface area contributed by atoms with Crippen molar-refractivity contribution in [3.8, 4) is 0 Å². The third kappa shape index (κ3) is 2.53. The number of nitro groups is 1. The van der Waals surface area contributed by atoms with Gasteiger partial charge in [-0.05, 0) is 31.2 Å². The molecule has 3 rings (SSSR count). The van der Waals surface area contributed by atoms with Gasteiger partial charge in [-0.3, -0.25) is 15.1 Å². The van der Waals surface area contributed by atoms with Crippen LogP contribution in [0.4, 0.5) is 15.8 Å². The van der Waals surface area contributed by atoms with Crippen LogP contribution in [0.25, 0.3) is 10.9 Å². The third-order valence-electron chi connectivity index (χ3n) is 3.85. The molecule has 1 aromatic carbocycles. The molecule has 0 amide bonds. The van der Waals surface area contributed by atoms with Gasteiger partial charge in [0.25, 0.3) is 5.69 Å². The van der Waals surface area contributed by atoms with Gasteiger partial charge in [0.1, 0.15) is 5.52 Å². The fourth-order valence-electron chi connectivity index (χ4n) is 2.36. The molecule has 0 atom stereocenters. The lowest BCUT2D eigenvalue weighted by atomic mass is 10.1. The topological polar surface area (TPSA) is 68.1 Å². The number of hydrogen-bond acceptors (Lipinski definition) is 5. The molecule has 1 heterocycles. The van der Waals surface area contributed by atoms with Crippen LogP contribution in [0.3, 0.4) is 0 Å². The highest BCUT2D eigenvalue weighted by Crippen LogP contribution is 2.47. The van der Waals surface area contributed by atoms with Gasteiger partial charge in [0, 0.05) is 17.5 Å². The van der Waals surface area contributed by atoms with E-state index in [4.69, 9.17) is 0 Å². The Bertz CT molecular complexity index is 719. The summed E-state index contributed by atoms with van der Waals surface area (Å²) >= 11 is 1.76. The number of benzene rings is 1. The van der Waals surface area contributed by atoms with Crippen LogP contribution >= 0.6 is 11.8 Å². The van der Waals surface area contributed by atoms with Gasteiger partial charge in [0.05, 0.1) is 22.1 Å². The summed E-state index contributed by atoms with van der Waals surface area (Å²) in [6.07, 6.45) is 5.75. The Morgan fingerprint density at radius 1 is 1.57 bits per heavy atom. The van der Waals surface area contributed by atoms with Gasteiger partial charge in [-0.1, -0.05) is 0 Å². The van der Waals surface area contributed by atoms with Gasteiger partial charge in [-0.2, -0.15) is 11.8 Å². The number of nitrogens with zero attached hydrogens (tertiary/aromatic N) is 2. The fourth-order valence-corrected chi connectivity index (χ4v) is 3.08. The lowest BCUT2D eigenvalue weighted by Crippen LogP contribution is -2.18. The summed E-state index contributed by atoms with van der Waals surface area (Å²) in [6.45, 7) is 0.634. The molecule has 0 saturated heterocycles. The SMILES string of the molecule is CSC1(CNc2c(F)cc([N+](=O)[O-])c3cccnc23)CC1. The standard InChI is InChI=1S/C14H14FN3O2S/c1-21-14(4-5-14)8-17-13-10(15)7-11(18(19)20)9-3-2-6-16-12(9)13/h2-3,6-7,17H,4-5,8H2,1H3. The molecule has 1 fully saturated rings. The van der Waals surface area contributed by atoms with Crippen LogP contribution in [0.15, 0.2) is 24.4 Å². The summed E-state index contributed by atoms with van der Waals surface area (Å²) in [5.41, 5.74) is 0.296. The molecule has 1 aliphatic rings. The molecule has 1 aromatic heterocycles. The average molecular weight is 307 g/mol. The largest absolute Gasteiger partial charge is 0.379 e. The van der Waals surface area contributed by atoms with E-state index in [0.29, 0.717) is 17.4 Å². The Kier molecular flexibility index (Phi) is 3.44. The van der Waals surface area contributed by atoms with Gasteiger partial charge in [0.15, 0.2) is 5.82 Å². The van der Waals surface area contributed by atoms with Crippen molar-refractivity contribution in [2.75, 3.05) is 18.1 Å². The molecular formula is C14H14FN3O2S. The van der Waals surface area contributed by atoms with Gasteiger partial charge < -0.3 is 5.32 Å². The maximum Gasteiger partial charge on any atom is 0.281 e. The first-order valence-corrected chi connectivity index (χ1v) is 7.79. The lowest BCUT2D eigenvalue weighted by molar-refractivity contribution is -0.383. The Hall–Kier alpha value is -1.89. The molecule has 7 heteroatoms. The van der Waals surface area contributed by atoms with Crippen LogP contribution in [-0.4, -0.2) is 27.5 Å². The highest BCUT2D eigenvalue weighted by molar-refractivity contribution is 8.00. The summed E-state index contributed by atoms with van der Waals surface area (Å²) in [5.74, 6) is -0.634. The van der Waals surface area contributed by atoms with Crippen LogP contribution in [0.1, 0.15) is 12.8 Å². The van der Waals surface area contributed by atoms with E-state index in [1.165, 1.54) is 6.20 Å². The van der Waals surface area contributed by atoms with Crippen molar-refractivity contribution < 1.29 is 9.31 Å². The molecule has 2 aromatic rings. The number of nitro benzene ring substituents is 1. The quantitative estimate of drug-likeness (QED) is 0.675. The van der Waals surface area contributed by atoms with Gasteiger partial charge in [0.2, 0.25) is 0 Å². The summed E-state index contributed by atoms with van der Waals surface area (Å²) in [7, 11) is 0. The summed E-state index contributed by atoms with van der Waals surface area (Å²) in [4.78, 5) is 14.6. The van der Waals surface area contributed by atoms with Crippen LogP contribution in [0.2, 0.25) is 0 Å². The maximum atomic E-state index is 14.2. The molecule has 0 radical (unpaired) electrons. The summed E-state index contributed by atoms with van der Waals surface area (Å²) in [5, 5.41) is 14.5. The minimum Gasteiger partial charge on any atom is -0.379 e. The zero-order valence-corrected chi connectivity index (χ0v) is 12.2. The zero-order chi connectivity index (χ0) is 15.0. The van der Waals surface area contributed by atoms with Crippen LogP contribution < -0.4 is 5.32 Å². The van der Waals surface area contributed by atoms with Gasteiger partial charge >= 0.3 is 0 Å². The first-order chi connectivity index (χ1) is 10.1. The summed E-state index contributed by atoms with van der Waals surface area (Å²) < 4.78 is 14.4. The minimum atomic E-state index is -0.634. The number of pyridine rings is 1. The van der Waals surface area contributed by atoms with Crippen molar-refractivity contribution in [1.82, 2.24) is 4.98 Å². The second kappa shape index (κ2) is 5.14. The average Bonchev–Trinajstić information content (AvgIpc) is 3.26. The number of hydrogen-bond donors (Lipinski definition) is 1. The first-order valence-electron chi connectivity index (χ1n) is 6.57. The Balaban J connectivity index is 2.04. The predicted octanol–water partition coefficient (Wildman–Crippen LogP) is 3.59. The highest BCUT2D eigenvalue weighted by Gasteiger charge is 2.41. The van der Waals surface area contributed by atoms with Crippen molar-refractivity contribution in [2.24, 2.45) is 0 Å². The Morgan fingerprint density at radius 3 is 2.95 bits per heavy atom.